The molecule has 6 heteroatoms. The van der Waals surface area contributed by atoms with Crippen molar-refractivity contribution in [3.8, 4) is 0 Å². The van der Waals surface area contributed by atoms with E-state index >= 15 is 0 Å². The van der Waals surface area contributed by atoms with E-state index in [1.165, 1.54) is 4.90 Å². The number of rotatable bonds is 4. The Morgan fingerprint density at radius 3 is 2.24 bits per heavy atom. The molecule has 4 nitrogen and oxygen atoms in total. The van der Waals surface area contributed by atoms with Crippen LogP contribution in [0.15, 0.2) is 48.7 Å². The zero-order valence-electron chi connectivity index (χ0n) is 13.2. The summed E-state index contributed by atoms with van der Waals surface area (Å²) in [6.45, 7) is 1.04. The number of aromatic nitrogens is 1. The maximum Gasteiger partial charge on any atom is 0.261 e. The van der Waals surface area contributed by atoms with Gasteiger partial charge >= 0.3 is 0 Å². The second kappa shape index (κ2) is 6.21. The summed E-state index contributed by atoms with van der Waals surface area (Å²) in [5.74, 6) is -0.437. The third-order valence-corrected chi connectivity index (χ3v) is 4.99. The summed E-state index contributed by atoms with van der Waals surface area (Å²) in [5, 5.41) is 2.13. The van der Waals surface area contributed by atoms with Crippen LogP contribution in [0, 0.1) is 0 Å². The van der Waals surface area contributed by atoms with E-state index < -0.39 is 0 Å². The summed E-state index contributed by atoms with van der Waals surface area (Å²) in [7, 11) is 0. The van der Waals surface area contributed by atoms with Crippen molar-refractivity contribution < 1.29 is 9.59 Å². The number of amides is 2. The van der Waals surface area contributed by atoms with Gasteiger partial charge in [-0.3, -0.25) is 14.5 Å². The minimum Gasteiger partial charge on any atom is -0.347 e. The number of benzene rings is 2. The van der Waals surface area contributed by atoms with Crippen LogP contribution < -0.4 is 0 Å². The second-order valence-corrected chi connectivity index (χ2v) is 6.83. The number of aryl methyl sites for hydroxylation is 1. The minimum atomic E-state index is -0.218. The number of fused-ring (bicyclic) bond motifs is 2. The van der Waals surface area contributed by atoms with Gasteiger partial charge in [0.15, 0.2) is 0 Å². The first-order valence-corrected chi connectivity index (χ1v) is 8.71. The van der Waals surface area contributed by atoms with Gasteiger partial charge in [-0.15, -0.1) is 0 Å². The number of imide groups is 1. The van der Waals surface area contributed by atoms with Crippen molar-refractivity contribution in [1.29, 1.82) is 0 Å². The Labute approximate surface area is 154 Å². The third-order valence-electron chi connectivity index (χ3n) is 4.46. The van der Waals surface area contributed by atoms with Gasteiger partial charge in [0.1, 0.15) is 0 Å². The van der Waals surface area contributed by atoms with Gasteiger partial charge in [0, 0.05) is 29.7 Å². The summed E-state index contributed by atoms with van der Waals surface area (Å²) in [5.41, 5.74) is 1.91. The molecule has 0 saturated carbocycles. The fourth-order valence-corrected chi connectivity index (χ4v) is 3.80. The molecule has 0 fully saturated rings. The normalized spacial score (nSPS) is 13.8. The Balaban J connectivity index is 1.49. The largest absolute Gasteiger partial charge is 0.347 e. The molecule has 3 aromatic rings. The Morgan fingerprint density at radius 2 is 1.56 bits per heavy atom. The predicted molar refractivity (Wildman–Crippen MR) is 98.4 cm³/mol. The van der Waals surface area contributed by atoms with Crippen LogP contribution in [0.2, 0.25) is 10.0 Å². The molecular weight excluding hydrogens is 359 g/mol. The molecular formula is C19H14Cl2N2O2. The number of hydrogen-bond donors (Lipinski definition) is 0. The molecule has 2 aromatic carbocycles. The summed E-state index contributed by atoms with van der Waals surface area (Å²) < 4.78 is 2.03. The minimum absolute atomic E-state index is 0.218. The molecule has 0 saturated heterocycles. The summed E-state index contributed by atoms with van der Waals surface area (Å²) in [6, 6.07) is 12.5. The Morgan fingerprint density at radius 1 is 0.880 bits per heavy atom. The van der Waals surface area contributed by atoms with Crippen LogP contribution in [-0.4, -0.2) is 27.8 Å². The maximum absolute atomic E-state index is 12.4. The topological polar surface area (TPSA) is 42.3 Å². The standard InChI is InChI=1S/C19H14Cl2N2O2/c20-12-10-16(21)15-6-9-22(17(15)11-12)7-3-8-23-18(24)13-4-1-2-5-14(13)19(23)25/h1-2,4-6,9-11H,3,7-8H2. The van der Waals surface area contributed by atoms with Crippen molar-refractivity contribution in [2.24, 2.45) is 0 Å². The van der Waals surface area contributed by atoms with E-state index in [9.17, 15) is 9.59 Å². The molecule has 0 aliphatic carbocycles. The van der Waals surface area contributed by atoms with Gasteiger partial charge in [-0.05, 0) is 36.8 Å². The predicted octanol–water partition coefficient (Wildman–Crippen LogP) is 4.63. The second-order valence-electron chi connectivity index (χ2n) is 5.99. The van der Waals surface area contributed by atoms with E-state index in [2.05, 4.69) is 0 Å². The Kier molecular flexibility index (Phi) is 4.02. The van der Waals surface area contributed by atoms with Crippen molar-refractivity contribution in [3.63, 3.8) is 0 Å². The lowest BCUT2D eigenvalue weighted by molar-refractivity contribution is 0.0651. The molecule has 1 aliphatic heterocycles. The van der Waals surface area contributed by atoms with Gasteiger partial charge in [0.25, 0.3) is 11.8 Å². The highest BCUT2D eigenvalue weighted by Crippen LogP contribution is 2.29. The summed E-state index contributed by atoms with van der Waals surface area (Å²) in [4.78, 5) is 26.0. The van der Waals surface area contributed by atoms with Gasteiger partial charge in [-0.1, -0.05) is 35.3 Å². The first-order chi connectivity index (χ1) is 12.1. The average Bonchev–Trinajstić information content (AvgIpc) is 3.10. The lowest BCUT2D eigenvalue weighted by Gasteiger charge is -2.14. The maximum atomic E-state index is 12.4. The first-order valence-electron chi connectivity index (χ1n) is 7.95. The van der Waals surface area contributed by atoms with Crippen molar-refractivity contribution in [3.05, 3.63) is 69.8 Å². The SMILES string of the molecule is O=C1c2ccccc2C(=O)N1CCCn1ccc2c(Cl)cc(Cl)cc21. The third kappa shape index (κ3) is 2.71. The molecule has 0 spiro atoms. The zero-order chi connectivity index (χ0) is 17.6. The molecule has 0 radical (unpaired) electrons. The summed E-state index contributed by atoms with van der Waals surface area (Å²) >= 11 is 12.3. The number of carbonyl (C=O) groups excluding carboxylic acids is 2. The van der Waals surface area contributed by atoms with E-state index in [-0.39, 0.29) is 11.8 Å². The molecule has 0 unspecified atom stereocenters. The molecule has 1 aromatic heterocycles. The van der Waals surface area contributed by atoms with Crippen molar-refractivity contribution in [2.45, 2.75) is 13.0 Å². The fourth-order valence-electron chi connectivity index (χ4n) is 3.25. The van der Waals surface area contributed by atoms with E-state index in [4.69, 9.17) is 23.2 Å². The smallest absolute Gasteiger partial charge is 0.261 e. The van der Waals surface area contributed by atoms with Gasteiger partial charge < -0.3 is 4.57 Å². The molecule has 2 heterocycles. The number of hydrogen-bond acceptors (Lipinski definition) is 2. The highest BCUT2D eigenvalue weighted by Gasteiger charge is 2.34. The van der Waals surface area contributed by atoms with Gasteiger partial charge in [0.2, 0.25) is 0 Å². The molecule has 126 valence electrons. The quantitative estimate of drug-likeness (QED) is 0.626. The number of nitrogens with zero attached hydrogens (tertiary/aromatic N) is 2. The van der Waals surface area contributed by atoms with Gasteiger partial charge in [-0.25, -0.2) is 0 Å². The zero-order valence-corrected chi connectivity index (χ0v) is 14.7. The lowest BCUT2D eigenvalue weighted by Crippen LogP contribution is -2.31. The molecule has 0 bridgehead atoms. The van der Waals surface area contributed by atoms with Crippen LogP contribution >= 0.6 is 23.2 Å². The van der Waals surface area contributed by atoms with Gasteiger partial charge in [-0.2, -0.15) is 0 Å². The van der Waals surface area contributed by atoms with Crippen LogP contribution in [0.4, 0.5) is 0 Å². The number of carbonyl (C=O) groups is 2. The van der Waals surface area contributed by atoms with Gasteiger partial charge in [0.05, 0.1) is 21.7 Å². The molecule has 0 N–H and O–H groups in total. The van der Waals surface area contributed by atoms with Crippen molar-refractivity contribution in [1.82, 2.24) is 9.47 Å². The van der Waals surface area contributed by atoms with Crippen molar-refractivity contribution >= 4 is 45.9 Å². The molecule has 4 rings (SSSR count). The molecule has 2 amide bonds. The van der Waals surface area contributed by atoms with Crippen LogP contribution in [0.5, 0.6) is 0 Å². The average molecular weight is 373 g/mol. The molecule has 1 aliphatic rings. The highest BCUT2D eigenvalue weighted by atomic mass is 35.5. The Hall–Kier alpha value is -2.30. The van der Waals surface area contributed by atoms with Crippen LogP contribution in [0.1, 0.15) is 27.1 Å². The van der Waals surface area contributed by atoms with Crippen LogP contribution in [0.25, 0.3) is 10.9 Å². The lowest BCUT2D eigenvalue weighted by atomic mass is 10.1. The molecule has 25 heavy (non-hydrogen) atoms. The van der Waals surface area contributed by atoms with E-state index in [1.54, 1.807) is 30.3 Å². The van der Waals surface area contributed by atoms with E-state index in [0.29, 0.717) is 40.7 Å². The van der Waals surface area contributed by atoms with E-state index in [0.717, 1.165) is 10.9 Å². The van der Waals surface area contributed by atoms with Crippen LogP contribution in [0.3, 0.4) is 0 Å². The fraction of sp³-hybridized carbons (Fsp3) is 0.158. The summed E-state index contributed by atoms with van der Waals surface area (Å²) in [6.07, 6.45) is 2.59. The first kappa shape index (κ1) is 16.2. The Bertz CT molecular complexity index is 975. The number of halogens is 2. The van der Waals surface area contributed by atoms with Crippen LogP contribution in [-0.2, 0) is 6.54 Å². The van der Waals surface area contributed by atoms with E-state index in [1.807, 2.05) is 22.9 Å². The monoisotopic (exact) mass is 372 g/mol. The van der Waals surface area contributed by atoms with Crippen molar-refractivity contribution in [2.75, 3.05) is 6.54 Å². The highest BCUT2D eigenvalue weighted by molar-refractivity contribution is 6.38. The molecule has 0 atom stereocenters.